The number of aromatic nitrogens is 3. The maximum Gasteiger partial charge on any atom is 0.0541 e. The molecule has 0 atom stereocenters. The third kappa shape index (κ3) is 11.0. The van der Waals surface area contributed by atoms with Gasteiger partial charge in [0.2, 0.25) is 0 Å². The molecule has 24 aromatic rings. The van der Waals surface area contributed by atoms with Gasteiger partial charge in [0.1, 0.15) is 0 Å². The van der Waals surface area contributed by atoms with Crippen molar-refractivity contribution in [2.75, 3.05) is 0 Å². The fourth-order valence-corrected chi connectivity index (χ4v) is 19.2. The number of benzene rings is 21. The second kappa shape index (κ2) is 26.6. The van der Waals surface area contributed by atoms with Crippen LogP contribution in [0.15, 0.2) is 431 Å². The van der Waals surface area contributed by atoms with Crippen LogP contribution < -0.4 is 0 Å². The number of rotatable bonds is 11. The molecule has 24 rings (SSSR count). The summed E-state index contributed by atoms with van der Waals surface area (Å²) in [5.41, 5.74) is 29.4. The lowest BCUT2D eigenvalue weighted by atomic mass is 9.86. The average Bonchev–Trinajstić information content (AvgIpc) is 1.67. The van der Waals surface area contributed by atoms with E-state index in [0.717, 1.165) is 50.3 Å². The molecule has 0 fully saturated rings. The summed E-state index contributed by atoms with van der Waals surface area (Å²) in [5.74, 6) is 0. The number of fused-ring (bicyclic) bond motifs is 15. The summed E-state index contributed by atoms with van der Waals surface area (Å²) in [5, 5.41) is 22.1. The minimum absolute atomic E-state index is 1.10. The zero-order chi connectivity index (χ0) is 76.8. The van der Waals surface area contributed by atoms with Gasteiger partial charge in [0.25, 0.3) is 0 Å². The van der Waals surface area contributed by atoms with Crippen molar-refractivity contribution < 1.29 is 0 Å². The zero-order valence-electron chi connectivity index (χ0n) is 63.8. The molecule has 0 aliphatic heterocycles. The fourth-order valence-electron chi connectivity index (χ4n) is 19.2. The fraction of sp³-hybridized carbons (Fsp3) is 0. The van der Waals surface area contributed by atoms with Gasteiger partial charge in [-0.2, -0.15) is 0 Å². The molecule has 0 aliphatic rings. The van der Waals surface area contributed by atoms with Gasteiger partial charge in [-0.25, -0.2) is 0 Å². The largest absolute Gasteiger partial charge is 0.309 e. The Morgan fingerprint density at radius 3 is 0.564 bits per heavy atom. The summed E-state index contributed by atoms with van der Waals surface area (Å²) >= 11 is 0. The van der Waals surface area contributed by atoms with E-state index in [1.165, 1.54) is 186 Å². The third-order valence-corrected chi connectivity index (χ3v) is 25.0. The first-order valence-electron chi connectivity index (χ1n) is 40.5. The number of hydrogen-bond donors (Lipinski definition) is 0. The van der Waals surface area contributed by atoms with Crippen LogP contribution in [0.25, 0.3) is 236 Å². The summed E-state index contributed by atoms with van der Waals surface area (Å²) in [6.45, 7) is 0. The molecule has 0 bridgehead atoms. The molecule has 0 unspecified atom stereocenters. The van der Waals surface area contributed by atoms with Crippen LogP contribution in [0.2, 0.25) is 0 Å². The van der Waals surface area contributed by atoms with E-state index in [4.69, 9.17) is 0 Å². The predicted molar refractivity (Wildman–Crippen MR) is 498 cm³/mol. The molecule has 0 amide bonds. The second-order valence-corrected chi connectivity index (χ2v) is 31.5. The van der Waals surface area contributed by atoms with Gasteiger partial charge >= 0.3 is 0 Å². The summed E-state index contributed by atoms with van der Waals surface area (Å²) in [6.07, 6.45) is 0. The number of hydrogen-bond acceptors (Lipinski definition) is 0. The topological polar surface area (TPSA) is 14.8 Å². The van der Waals surface area contributed by atoms with E-state index >= 15 is 0 Å². The Kier molecular flexibility index (Phi) is 15.1. The molecule has 0 saturated carbocycles. The Morgan fingerprint density at radius 1 is 0.111 bits per heavy atom. The molecule has 542 valence electrons. The SMILES string of the molecule is c1ccc(-c2c3ccccc3c(-c3ccc(-n4c5ccc(-c6ccc(-n7c8ccc(-c9ccc%10ccccc%10c9)cc8c8cc(-c9ccc%10ccccc%10c9)ccc87)cc6)cc5c5cc(-c6ccc(-n7c8ccc(-c9ccc%10ccccc%10c9)cc8c8cc(-c9ccc%10ccccc%10c9)ccc87)cc6)ccc54)cc3)c3ccccc23)cc1. The summed E-state index contributed by atoms with van der Waals surface area (Å²) in [6, 6.07) is 161. The van der Waals surface area contributed by atoms with Crippen LogP contribution in [0, 0.1) is 0 Å². The lowest BCUT2D eigenvalue weighted by Gasteiger charge is -2.18. The van der Waals surface area contributed by atoms with E-state index < -0.39 is 0 Å². The van der Waals surface area contributed by atoms with E-state index in [9.17, 15) is 0 Å². The van der Waals surface area contributed by atoms with Gasteiger partial charge < -0.3 is 13.7 Å². The Bertz CT molecular complexity index is 7510. The predicted octanol–water partition coefficient (Wildman–Crippen LogP) is 31.2. The quantitative estimate of drug-likeness (QED) is 0.115. The highest BCUT2D eigenvalue weighted by molar-refractivity contribution is 6.22. The Labute approximate surface area is 675 Å². The van der Waals surface area contributed by atoms with E-state index in [2.05, 4.69) is 444 Å². The van der Waals surface area contributed by atoms with Gasteiger partial charge in [0.05, 0.1) is 33.1 Å². The molecule has 0 spiro atoms. The molecule has 0 aliphatic carbocycles. The van der Waals surface area contributed by atoms with Crippen LogP contribution in [0.4, 0.5) is 0 Å². The smallest absolute Gasteiger partial charge is 0.0541 e. The third-order valence-electron chi connectivity index (χ3n) is 25.0. The van der Waals surface area contributed by atoms with Crippen LogP contribution in [-0.2, 0) is 0 Å². The molecular weight excluding hydrogens is 1410 g/mol. The molecule has 0 N–H and O–H groups in total. The summed E-state index contributed by atoms with van der Waals surface area (Å²) in [7, 11) is 0. The highest BCUT2D eigenvalue weighted by Gasteiger charge is 2.23. The van der Waals surface area contributed by atoms with Crippen molar-refractivity contribution in [3.63, 3.8) is 0 Å². The van der Waals surface area contributed by atoms with Crippen molar-refractivity contribution in [1.82, 2.24) is 13.7 Å². The minimum Gasteiger partial charge on any atom is -0.309 e. The molecule has 3 heterocycles. The molecule has 3 heteroatoms. The Hall–Kier alpha value is -15.4. The Morgan fingerprint density at radius 2 is 0.299 bits per heavy atom. The van der Waals surface area contributed by atoms with Gasteiger partial charge in [0, 0.05) is 49.4 Å². The van der Waals surface area contributed by atoms with Crippen molar-refractivity contribution in [3.8, 4) is 106 Å². The molecule has 21 aromatic carbocycles. The Balaban J connectivity index is 0.634. The molecule has 3 aromatic heterocycles. The average molecular weight is 1480 g/mol. The summed E-state index contributed by atoms with van der Waals surface area (Å²) < 4.78 is 7.39. The summed E-state index contributed by atoms with van der Waals surface area (Å²) in [4.78, 5) is 0. The van der Waals surface area contributed by atoms with Gasteiger partial charge in [0.15, 0.2) is 0 Å². The zero-order valence-corrected chi connectivity index (χ0v) is 63.8. The minimum atomic E-state index is 1.10. The molecule has 0 saturated heterocycles. The van der Waals surface area contributed by atoms with Crippen LogP contribution in [-0.4, -0.2) is 13.7 Å². The number of nitrogens with zero attached hydrogens (tertiary/aromatic N) is 3. The van der Waals surface area contributed by atoms with Gasteiger partial charge in [-0.1, -0.05) is 297 Å². The van der Waals surface area contributed by atoms with E-state index in [-0.39, 0.29) is 0 Å². The van der Waals surface area contributed by atoms with Crippen molar-refractivity contribution in [2.45, 2.75) is 0 Å². The first kappa shape index (κ1) is 66.2. The van der Waals surface area contributed by atoms with Crippen molar-refractivity contribution in [1.29, 1.82) is 0 Å². The van der Waals surface area contributed by atoms with E-state index in [0.29, 0.717) is 0 Å². The van der Waals surface area contributed by atoms with E-state index in [1.54, 1.807) is 0 Å². The van der Waals surface area contributed by atoms with Crippen LogP contribution >= 0.6 is 0 Å². The standard InChI is InChI=1S/C114H71N3/c1-2-20-78(21-3-1)113-97-26-12-14-28-99(97)114(100-29-15-13-27-98(100)113)79-42-54-96(55-43-79)117-107-56-44-88(76-38-50-94(51-39-76)115-109-58-46-90(84-34-30-72-16-4-8-22-80(72)62-84)68-103(109)104-69-91(47-59-110(104)115)85-35-31-73-17-5-9-23-81(73)63-85)66-101(107)102-67-89(45-57-108(102)117)77-40-52-95(53-41-77)116-111-60-48-92(86-36-32-74-18-6-10-24-82(74)64-86)70-105(111)106-71-93(49-61-112(106)116)87-37-33-75-19-7-11-25-83(75)65-87/h1-71H. The van der Waals surface area contributed by atoms with Crippen LogP contribution in [0.3, 0.4) is 0 Å². The van der Waals surface area contributed by atoms with Crippen molar-refractivity contribution in [3.05, 3.63) is 431 Å². The molecule has 117 heavy (non-hydrogen) atoms. The lowest BCUT2D eigenvalue weighted by molar-refractivity contribution is 1.18. The van der Waals surface area contributed by atoms with Gasteiger partial charge in [-0.3, -0.25) is 0 Å². The van der Waals surface area contributed by atoms with Crippen LogP contribution in [0.1, 0.15) is 0 Å². The second-order valence-electron chi connectivity index (χ2n) is 31.5. The van der Waals surface area contributed by atoms with Crippen molar-refractivity contribution >= 4 is 130 Å². The van der Waals surface area contributed by atoms with Crippen LogP contribution in [0.5, 0.6) is 0 Å². The van der Waals surface area contributed by atoms with Crippen molar-refractivity contribution in [2.24, 2.45) is 0 Å². The van der Waals surface area contributed by atoms with E-state index in [1.807, 2.05) is 0 Å². The van der Waals surface area contributed by atoms with Gasteiger partial charge in [-0.05, 0) is 287 Å². The monoisotopic (exact) mass is 1480 g/mol. The highest BCUT2D eigenvalue weighted by Crippen LogP contribution is 2.47. The molecular formula is C114H71N3. The first-order chi connectivity index (χ1) is 57.9. The maximum absolute atomic E-state index is 2.47. The molecule has 3 nitrogen and oxygen atoms in total. The highest BCUT2D eigenvalue weighted by atomic mass is 15.0. The lowest BCUT2D eigenvalue weighted by Crippen LogP contribution is -1.95. The normalized spacial score (nSPS) is 11.9. The molecule has 0 radical (unpaired) electrons. The van der Waals surface area contributed by atoms with Gasteiger partial charge in [-0.15, -0.1) is 0 Å². The first-order valence-corrected chi connectivity index (χ1v) is 40.5. The maximum atomic E-state index is 2.47.